The Kier molecular flexibility index (Phi) is 2.48. The maximum absolute atomic E-state index is 14.0. The third-order valence-corrected chi connectivity index (χ3v) is 2.99. The summed E-state index contributed by atoms with van der Waals surface area (Å²) in [6.07, 6.45) is 0. The molecule has 0 bridgehead atoms. The summed E-state index contributed by atoms with van der Waals surface area (Å²) in [7, 11) is 0. The molecule has 3 aromatic rings. The number of aryl methyl sites for hydroxylation is 1. The third kappa shape index (κ3) is 1.83. The highest BCUT2D eigenvalue weighted by Crippen LogP contribution is 2.28. The van der Waals surface area contributed by atoms with Crippen molar-refractivity contribution in [2.75, 3.05) is 0 Å². The minimum absolute atomic E-state index is 0.0629. The van der Waals surface area contributed by atoms with E-state index in [1.807, 2.05) is 0 Å². The Labute approximate surface area is 107 Å². The van der Waals surface area contributed by atoms with Gasteiger partial charge in [0.05, 0.1) is 16.6 Å². The van der Waals surface area contributed by atoms with Crippen LogP contribution in [0.3, 0.4) is 0 Å². The van der Waals surface area contributed by atoms with Crippen LogP contribution in [0, 0.1) is 18.6 Å². The molecule has 0 atom stereocenters. The minimum atomic E-state index is -0.675. The number of fused-ring (bicyclic) bond motifs is 1. The predicted molar refractivity (Wildman–Crippen MR) is 67.8 cm³/mol. The van der Waals surface area contributed by atoms with E-state index in [4.69, 9.17) is 0 Å². The molecule has 96 valence electrons. The van der Waals surface area contributed by atoms with Crippen LogP contribution in [-0.2, 0) is 0 Å². The molecule has 3 nitrogen and oxygen atoms in total. The number of phenols is 1. The highest BCUT2D eigenvalue weighted by Gasteiger charge is 2.17. The molecular formula is C14H10F2N2O. The van der Waals surface area contributed by atoms with Gasteiger partial charge in [-0.3, -0.25) is 0 Å². The maximum atomic E-state index is 14.0. The average Bonchev–Trinajstić information content (AvgIpc) is 2.77. The maximum Gasteiger partial charge on any atom is 0.144 e. The van der Waals surface area contributed by atoms with Gasteiger partial charge in [0.25, 0.3) is 0 Å². The largest absolute Gasteiger partial charge is 0.508 e. The second kappa shape index (κ2) is 4.05. The van der Waals surface area contributed by atoms with E-state index in [1.54, 1.807) is 13.0 Å². The number of benzene rings is 2. The Morgan fingerprint density at radius 1 is 1.16 bits per heavy atom. The lowest BCUT2D eigenvalue weighted by molar-refractivity contribution is 0.476. The topological polar surface area (TPSA) is 48.9 Å². The lowest BCUT2D eigenvalue weighted by Gasteiger charge is -2.03. The minimum Gasteiger partial charge on any atom is -0.508 e. The summed E-state index contributed by atoms with van der Waals surface area (Å²) < 4.78 is 27.8. The molecule has 2 aromatic carbocycles. The summed E-state index contributed by atoms with van der Waals surface area (Å²) in [6, 6.07) is 7.09. The van der Waals surface area contributed by atoms with Crippen molar-refractivity contribution < 1.29 is 13.9 Å². The number of aromatic amines is 1. The van der Waals surface area contributed by atoms with Crippen molar-refractivity contribution in [3.8, 4) is 17.1 Å². The van der Waals surface area contributed by atoms with Crippen LogP contribution in [0.5, 0.6) is 5.75 Å². The Bertz CT molecular complexity index is 780. The van der Waals surface area contributed by atoms with E-state index >= 15 is 0 Å². The normalized spacial score (nSPS) is 11.1. The van der Waals surface area contributed by atoms with E-state index in [9.17, 15) is 13.9 Å². The van der Waals surface area contributed by atoms with Crippen LogP contribution in [0.4, 0.5) is 8.78 Å². The van der Waals surface area contributed by atoms with Gasteiger partial charge in [-0.2, -0.15) is 0 Å². The van der Waals surface area contributed by atoms with Crippen molar-refractivity contribution in [2.45, 2.75) is 6.92 Å². The van der Waals surface area contributed by atoms with Crippen LogP contribution in [0.1, 0.15) is 5.56 Å². The number of rotatable bonds is 1. The van der Waals surface area contributed by atoms with E-state index in [0.29, 0.717) is 16.6 Å². The molecule has 2 N–H and O–H groups in total. The summed E-state index contributed by atoms with van der Waals surface area (Å²) in [5.74, 6) is -1.14. The quantitative estimate of drug-likeness (QED) is 0.703. The smallest absolute Gasteiger partial charge is 0.144 e. The lowest BCUT2D eigenvalue weighted by Crippen LogP contribution is -1.94. The summed E-state index contributed by atoms with van der Waals surface area (Å²) in [5.41, 5.74) is 1.22. The number of nitrogens with one attached hydrogen (secondary N) is 1. The number of hydrogen-bond acceptors (Lipinski definition) is 2. The van der Waals surface area contributed by atoms with Crippen molar-refractivity contribution in [3.63, 3.8) is 0 Å². The van der Waals surface area contributed by atoms with Crippen LogP contribution >= 0.6 is 0 Å². The number of aromatic nitrogens is 2. The molecule has 0 radical (unpaired) electrons. The lowest BCUT2D eigenvalue weighted by atomic mass is 10.1. The third-order valence-electron chi connectivity index (χ3n) is 2.99. The number of nitrogens with zero attached hydrogens (tertiary/aromatic N) is 1. The summed E-state index contributed by atoms with van der Waals surface area (Å²) in [4.78, 5) is 6.95. The zero-order valence-corrected chi connectivity index (χ0v) is 10.0. The first-order chi connectivity index (χ1) is 9.06. The molecule has 5 heteroatoms. The van der Waals surface area contributed by atoms with Crippen molar-refractivity contribution in [1.82, 2.24) is 9.97 Å². The zero-order valence-electron chi connectivity index (χ0n) is 10.0. The molecule has 0 amide bonds. The number of imidazole rings is 1. The van der Waals surface area contributed by atoms with Gasteiger partial charge in [0, 0.05) is 6.07 Å². The molecule has 0 aliphatic carbocycles. The van der Waals surface area contributed by atoms with E-state index in [1.165, 1.54) is 24.3 Å². The molecule has 0 saturated heterocycles. The van der Waals surface area contributed by atoms with Gasteiger partial charge in [0.2, 0.25) is 0 Å². The Hall–Kier alpha value is -2.43. The second-order valence-corrected chi connectivity index (χ2v) is 4.34. The molecule has 3 rings (SSSR count). The summed E-state index contributed by atoms with van der Waals surface area (Å²) in [5, 5.41) is 9.37. The van der Waals surface area contributed by atoms with Crippen LogP contribution in [0.2, 0.25) is 0 Å². The van der Waals surface area contributed by atoms with Gasteiger partial charge in [-0.1, -0.05) is 6.07 Å². The van der Waals surface area contributed by atoms with Gasteiger partial charge in [0.1, 0.15) is 23.2 Å². The number of H-pyrrole nitrogens is 1. The average molecular weight is 260 g/mol. The van der Waals surface area contributed by atoms with Gasteiger partial charge in [-0.05, 0) is 30.7 Å². The van der Waals surface area contributed by atoms with Gasteiger partial charge in [-0.25, -0.2) is 13.8 Å². The van der Waals surface area contributed by atoms with Crippen molar-refractivity contribution in [1.29, 1.82) is 0 Å². The Balaban J connectivity index is 2.27. The molecule has 1 aromatic heterocycles. The van der Waals surface area contributed by atoms with Crippen LogP contribution < -0.4 is 0 Å². The van der Waals surface area contributed by atoms with E-state index in [2.05, 4.69) is 9.97 Å². The molecule has 0 unspecified atom stereocenters. The number of hydrogen-bond donors (Lipinski definition) is 2. The summed E-state index contributed by atoms with van der Waals surface area (Å²) in [6.45, 7) is 1.56. The Morgan fingerprint density at radius 2 is 1.95 bits per heavy atom. The standard InChI is InChI=1S/C14H10F2N2O/c1-7-2-4-9(15)12(13(7)16)14-17-10-5-3-8(19)6-11(10)18-14/h2-6,19H,1H3,(H,17,18). The Morgan fingerprint density at radius 3 is 2.74 bits per heavy atom. The van der Waals surface area contributed by atoms with Gasteiger partial charge in [-0.15, -0.1) is 0 Å². The molecule has 0 spiro atoms. The zero-order chi connectivity index (χ0) is 13.6. The van der Waals surface area contributed by atoms with Crippen molar-refractivity contribution in [3.05, 3.63) is 47.5 Å². The monoisotopic (exact) mass is 260 g/mol. The van der Waals surface area contributed by atoms with Gasteiger partial charge in [0.15, 0.2) is 0 Å². The molecule has 0 fully saturated rings. The van der Waals surface area contributed by atoms with Crippen molar-refractivity contribution >= 4 is 11.0 Å². The first-order valence-corrected chi connectivity index (χ1v) is 5.70. The molecule has 19 heavy (non-hydrogen) atoms. The highest BCUT2D eigenvalue weighted by molar-refractivity contribution is 5.80. The van der Waals surface area contributed by atoms with Gasteiger partial charge >= 0.3 is 0 Å². The van der Waals surface area contributed by atoms with E-state index < -0.39 is 11.6 Å². The van der Waals surface area contributed by atoms with Crippen LogP contribution in [0.15, 0.2) is 30.3 Å². The van der Waals surface area contributed by atoms with Crippen LogP contribution in [0.25, 0.3) is 22.4 Å². The van der Waals surface area contributed by atoms with Crippen molar-refractivity contribution in [2.24, 2.45) is 0 Å². The fourth-order valence-electron chi connectivity index (χ4n) is 1.99. The van der Waals surface area contributed by atoms with E-state index in [-0.39, 0.29) is 17.1 Å². The molecule has 1 heterocycles. The highest BCUT2D eigenvalue weighted by atomic mass is 19.1. The number of aromatic hydroxyl groups is 1. The fraction of sp³-hybridized carbons (Fsp3) is 0.0714. The predicted octanol–water partition coefficient (Wildman–Crippen LogP) is 3.52. The van der Waals surface area contributed by atoms with Crippen LogP contribution in [-0.4, -0.2) is 15.1 Å². The first-order valence-electron chi connectivity index (χ1n) is 5.70. The number of halogens is 2. The first kappa shape index (κ1) is 11.6. The summed E-state index contributed by atoms with van der Waals surface area (Å²) >= 11 is 0. The second-order valence-electron chi connectivity index (χ2n) is 4.34. The van der Waals surface area contributed by atoms with Gasteiger partial charge < -0.3 is 10.1 Å². The fourth-order valence-corrected chi connectivity index (χ4v) is 1.99. The SMILES string of the molecule is Cc1ccc(F)c(-c2nc3ccc(O)cc3[nH]2)c1F. The number of phenolic OH excluding ortho intramolecular Hbond substituents is 1. The van der Waals surface area contributed by atoms with E-state index in [0.717, 1.165) is 0 Å². The molecule has 0 saturated carbocycles. The molecule has 0 aliphatic heterocycles. The molecule has 0 aliphatic rings. The molecular weight excluding hydrogens is 250 g/mol.